The van der Waals surface area contributed by atoms with Crippen LogP contribution in [0.15, 0.2) is 0 Å². The van der Waals surface area contributed by atoms with Crippen molar-refractivity contribution in [1.82, 2.24) is 5.32 Å². The third kappa shape index (κ3) is 3.80. The Morgan fingerprint density at radius 3 is 2.67 bits per heavy atom. The van der Waals surface area contributed by atoms with E-state index < -0.39 is 0 Å². The molecule has 1 saturated carbocycles. The second kappa shape index (κ2) is 5.47. The summed E-state index contributed by atoms with van der Waals surface area (Å²) in [7, 11) is 0. The van der Waals surface area contributed by atoms with Crippen LogP contribution in [0.2, 0.25) is 0 Å². The summed E-state index contributed by atoms with van der Waals surface area (Å²) in [5.41, 5.74) is 5.75. The first-order valence-electron chi connectivity index (χ1n) is 5.73. The molecule has 0 aliphatic heterocycles. The average molecular weight is 214 g/mol. The fraction of sp³-hybridized carbons (Fsp3) is 0.909. The standard InChI is InChI=1S/C11H22N2O2/c1-9(14)3-6-13-10(15)7-11(8-12)4-2-5-11/h9,14H,2-8,12H2,1H3,(H,13,15). The number of hydrogen-bond donors (Lipinski definition) is 3. The zero-order chi connectivity index (χ0) is 11.3. The lowest BCUT2D eigenvalue weighted by atomic mass is 9.66. The molecule has 1 unspecified atom stereocenters. The first-order valence-corrected chi connectivity index (χ1v) is 5.73. The van der Waals surface area contributed by atoms with Gasteiger partial charge < -0.3 is 16.2 Å². The second-order valence-electron chi connectivity index (χ2n) is 4.72. The lowest BCUT2D eigenvalue weighted by molar-refractivity contribution is -0.124. The molecule has 1 fully saturated rings. The Labute approximate surface area is 91.2 Å². The van der Waals surface area contributed by atoms with Crippen molar-refractivity contribution in [3.05, 3.63) is 0 Å². The summed E-state index contributed by atoms with van der Waals surface area (Å²) in [6.07, 6.45) is 4.15. The third-order valence-corrected chi connectivity index (χ3v) is 3.27. The number of hydrogen-bond acceptors (Lipinski definition) is 3. The topological polar surface area (TPSA) is 75.3 Å². The lowest BCUT2D eigenvalue weighted by Crippen LogP contribution is -2.42. The molecule has 1 atom stereocenters. The van der Waals surface area contributed by atoms with E-state index in [1.54, 1.807) is 6.92 Å². The van der Waals surface area contributed by atoms with Crippen LogP contribution in [0, 0.1) is 5.41 Å². The summed E-state index contributed by atoms with van der Waals surface area (Å²) in [4.78, 5) is 11.5. The van der Waals surface area contributed by atoms with E-state index in [1.165, 1.54) is 6.42 Å². The number of carbonyl (C=O) groups is 1. The maximum Gasteiger partial charge on any atom is 0.220 e. The SMILES string of the molecule is CC(O)CCNC(=O)CC1(CN)CCC1. The lowest BCUT2D eigenvalue weighted by Gasteiger charge is -2.40. The molecule has 0 heterocycles. The van der Waals surface area contributed by atoms with Crippen LogP contribution in [-0.4, -0.2) is 30.2 Å². The van der Waals surface area contributed by atoms with Crippen molar-refractivity contribution < 1.29 is 9.90 Å². The highest BCUT2D eigenvalue weighted by atomic mass is 16.3. The van der Waals surface area contributed by atoms with E-state index in [4.69, 9.17) is 10.8 Å². The molecule has 4 nitrogen and oxygen atoms in total. The molecule has 0 spiro atoms. The summed E-state index contributed by atoms with van der Waals surface area (Å²) >= 11 is 0. The number of aliphatic hydroxyl groups excluding tert-OH is 1. The first kappa shape index (κ1) is 12.5. The Balaban J connectivity index is 2.17. The third-order valence-electron chi connectivity index (χ3n) is 3.27. The molecular weight excluding hydrogens is 192 g/mol. The van der Waals surface area contributed by atoms with Crippen molar-refractivity contribution in [3.63, 3.8) is 0 Å². The minimum absolute atomic E-state index is 0.0702. The molecule has 1 aliphatic carbocycles. The molecule has 0 bridgehead atoms. The summed E-state index contributed by atoms with van der Waals surface area (Å²) in [6.45, 7) is 2.88. The maximum atomic E-state index is 11.5. The van der Waals surface area contributed by atoms with Gasteiger partial charge in [-0.2, -0.15) is 0 Å². The number of amides is 1. The Morgan fingerprint density at radius 1 is 1.60 bits per heavy atom. The van der Waals surface area contributed by atoms with Gasteiger partial charge in [0.15, 0.2) is 0 Å². The first-order chi connectivity index (χ1) is 7.08. The Kier molecular flexibility index (Phi) is 4.54. The molecule has 4 heteroatoms. The van der Waals surface area contributed by atoms with E-state index >= 15 is 0 Å². The van der Waals surface area contributed by atoms with E-state index in [2.05, 4.69) is 5.32 Å². The number of nitrogens with two attached hydrogens (primary N) is 1. The van der Waals surface area contributed by atoms with E-state index in [-0.39, 0.29) is 17.4 Å². The average Bonchev–Trinajstić information content (AvgIpc) is 2.11. The Hall–Kier alpha value is -0.610. The monoisotopic (exact) mass is 214 g/mol. The smallest absolute Gasteiger partial charge is 0.220 e. The number of nitrogens with one attached hydrogen (secondary N) is 1. The van der Waals surface area contributed by atoms with Gasteiger partial charge >= 0.3 is 0 Å². The summed E-state index contributed by atoms with van der Waals surface area (Å²) < 4.78 is 0. The van der Waals surface area contributed by atoms with Gasteiger partial charge in [-0.25, -0.2) is 0 Å². The predicted octanol–water partition coefficient (Wildman–Crippen LogP) is 0.393. The highest BCUT2D eigenvalue weighted by molar-refractivity contribution is 5.76. The van der Waals surface area contributed by atoms with Gasteiger partial charge in [0.25, 0.3) is 0 Å². The van der Waals surface area contributed by atoms with Crippen LogP contribution >= 0.6 is 0 Å². The van der Waals surface area contributed by atoms with Crippen molar-refractivity contribution in [3.8, 4) is 0 Å². The Bertz CT molecular complexity index is 207. The molecule has 15 heavy (non-hydrogen) atoms. The van der Waals surface area contributed by atoms with E-state index in [0.717, 1.165) is 12.8 Å². The van der Waals surface area contributed by atoms with Crippen molar-refractivity contribution in [1.29, 1.82) is 0 Å². The molecule has 1 amide bonds. The van der Waals surface area contributed by atoms with Crippen LogP contribution in [-0.2, 0) is 4.79 Å². The summed E-state index contributed by atoms with van der Waals surface area (Å²) in [5, 5.41) is 11.8. The van der Waals surface area contributed by atoms with Crippen LogP contribution in [0.4, 0.5) is 0 Å². The van der Waals surface area contributed by atoms with Crippen molar-refractivity contribution in [2.45, 2.75) is 45.1 Å². The van der Waals surface area contributed by atoms with Gasteiger partial charge in [-0.05, 0) is 38.1 Å². The van der Waals surface area contributed by atoms with Crippen LogP contribution in [0.25, 0.3) is 0 Å². The molecular formula is C11H22N2O2. The van der Waals surface area contributed by atoms with E-state index in [1.807, 2.05) is 0 Å². The number of rotatable bonds is 6. The quantitative estimate of drug-likeness (QED) is 0.599. The van der Waals surface area contributed by atoms with Crippen LogP contribution in [0.3, 0.4) is 0 Å². The number of aliphatic hydroxyl groups is 1. The molecule has 1 rings (SSSR count). The van der Waals surface area contributed by atoms with E-state index in [9.17, 15) is 4.79 Å². The second-order valence-corrected chi connectivity index (χ2v) is 4.72. The molecule has 0 aromatic heterocycles. The van der Waals surface area contributed by atoms with Gasteiger partial charge in [0.1, 0.15) is 0 Å². The highest BCUT2D eigenvalue weighted by Crippen LogP contribution is 2.42. The van der Waals surface area contributed by atoms with Gasteiger partial charge in [-0.3, -0.25) is 4.79 Å². The fourth-order valence-electron chi connectivity index (χ4n) is 1.95. The Morgan fingerprint density at radius 2 is 2.27 bits per heavy atom. The fourth-order valence-corrected chi connectivity index (χ4v) is 1.95. The molecule has 88 valence electrons. The normalized spacial score (nSPS) is 20.5. The molecule has 0 aromatic rings. The highest BCUT2D eigenvalue weighted by Gasteiger charge is 2.37. The predicted molar refractivity (Wildman–Crippen MR) is 59.3 cm³/mol. The van der Waals surface area contributed by atoms with Crippen LogP contribution in [0.5, 0.6) is 0 Å². The molecule has 4 N–H and O–H groups in total. The van der Waals surface area contributed by atoms with Gasteiger partial charge in [0.05, 0.1) is 6.10 Å². The maximum absolute atomic E-state index is 11.5. The zero-order valence-corrected chi connectivity index (χ0v) is 9.46. The minimum atomic E-state index is -0.350. The van der Waals surface area contributed by atoms with Crippen LogP contribution < -0.4 is 11.1 Å². The zero-order valence-electron chi connectivity index (χ0n) is 9.46. The number of carbonyl (C=O) groups excluding carboxylic acids is 1. The molecule has 0 saturated heterocycles. The van der Waals surface area contributed by atoms with Gasteiger partial charge in [-0.1, -0.05) is 6.42 Å². The van der Waals surface area contributed by atoms with Crippen molar-refractivity contribution >= 4 is 5.91 Å². The summed E-state index contributed by atoms with van der Waals surface area (Å²) in [5.74, 6) is 0.0702. The molecule has 0 radical (unpaired) electrons. The van der Waals surface area contributed by atoms with Crippen molar-refractivity contribution in [2.24, 2.45) is 11.1 Å². The van der Waals surface area contributed by atoms with Gasteiger partial charge in [0, 0.05) is 13.0 Å². The molecule has 0 aromatic carbocycles. The van der Waals surface area contributed by atoms with Gasteiger partial charge in [-0.15, -0.1) is 0 Å². The van der Waals surface area contributed by atoms with Crippen LogP contribution in [0.1, 0.15) is 39.0 Å². The van der Waals surface area contributed by atoms with E-state index in [0.29, 0.717) is 25.9 Å². The summed E-state index contributed by atoms with van der Waals surface area (Å²) in [6, 6.07) is 0. The minimum Gasteiger partial charge on any atom is -0.393 e. The largest absolute Gasteiger partial charge is 0.393 e. The van der Waals surface area contributed by atoms with Crippen molar-refractivity contribution in [2.75, 3.05) is 13.1 Å². The molecule has 1 aliphatic rings. The van der Waals surface area contributed by atoms with Gasteiger partial charge in [0.2, 0.25) is 5.91 Å².